The zero-order valence-corrected chi connectivity index (χ0v) is 8.10. The minimum atomic E-state index is -0.938. The normalized spacial score (nSPS) is 12.4. The third-order valence-electron chi connectivity index (χ3n) is 1.85. The number of hydrogen-bond acceptors (Lipinski definition) is 3. The predicted molar refractivity (Wildman–Crippen MR) is 50.2 cm³/mol. The molecule has 1 aromatic rings. The number of rotatable bonds is 3. The Bertz CT molecular complexity index is 397. The largest absolute Gasteiger partial charge is 0.481 e. The third-order valence-corrected chi connectivity index (χ3v) is 1.85. The van der Waals surface area contributed by atoms with Crippen LogP contribution in [-0.4, -0.2) is 20.9 Å². The SMILES string of the molecule is Cc1cnn(C(C)CC(=O)O)c(=O)c1. The van der Waals surface area contributed by atoms with Crippen molar-refractivity contribution < 1.29 is 9.90 Å². The molecule has 0 aliphatic heterocycles. The molecule has 1 N–H and O–H groups in total. The van der Waals surface area contributed by atoms with Crippen molar-refractivity contribution in [3.05, 3.63) is 28.2 Å². The Morgan fingerprint density at radius 1 is 1.71 bits per heavy atom. The molecule has 5 nitrogen and oxygen atoms in total. The summed E-state index contributed by atoms with van der Waals surface area (Å²) in [6.07, 6.45) is 1.44. The van der Waals surface area contributed by atoms with E-state index in [2.05, 4.69) is 5.10 Å². The van der Waals surface area contributed by atoms with Gasteiger partial charge < -0.3 is 5.11 Å². The van der Waals surface area contributed by atoms with E-state index in [0.29, 0.717) is 0 Å². The van der Waals surface area contributed by atoms with Crippen molar-refractivity contribution in [2.75, 3.05) is 0 Å². The highest BCUT2D eigenvalue weighted by atomic mass is 16.4. The van der Waals surface area contributed by atoms with Crippen molar-refractivity contribution in [2.24, 2.45) is 0 Å². The second-order valence-corrected chi connectivity index (χ2v) is 3.26. The Balaban J connectivity index is 2.96. The molecular weight excluding hydrogens is 184 g/mol. The molecule has 0 aromatic carbocycles. The van der Waals surface area contributed by atoms with Gasteiger partial charge in [-0.1, -0.05) is 0 Å². The lowest BCUT2D eigenvalue weighted by atomic mass is 10.2. The molecule has 1 unspecified atom stereocenters. The zero-order valence-electron chi connectivity index (χ0n) is 8.10. The fraction of sp³-hybridized carbons (Fsp3) is 0.444. The molecule has 0 aliphatic carbocycles. The monoisotopic (exact) mass is 196 g/mol. The fourth-order valence-corrected chi connectivity index (χ4v) is 1.18. The Hall–Kier alpha value is -1.65. The van der Waals surface area contributed by atoms with Gasteiger partial charge in [-0.15, -0.1) is 0 Å². The first-order chi connectivity index (χ1) is 6.50. The highest BCUT2D eigenvalue weighted by Crippen LogP contribution is 2.05. The summed E-state index contributed by atoms with van der Waals surface area (Å²) in [6.45, 7) is 3.42. The maximum Gasteiger partial charge on any atom is 0.305 e. The lowest BCUT2D eigenvalue weighted by molar-refractivity contribution is -0.137. The molecule has 0 bridgehead atoms. The van der Waals surface area contributed by atoms with Gasteiger partial charge in [-0.2, -0.15) is 5.10 Å². The summed E-state index contributed by atoms with van der Waals surface area (Å²) in [4.78, 5) is 21.8. The molecule has 14 heavy (non-hydrogen) atoms. The van der Waals surface area contributed by atoms with Gasteiger partial charge >= 0.3 is 5.97 Å². The van der Waals surface area contributed by atoms with Gasteiger partial charge in [0.25, 0.3) is 5.56 Å². The summed E-state index contributed by atoms with van der Waals surface area (Å²) in [6, 6.07) is 1.02. The predicted octanol–water partition coefficient (Wildman–Crippen LogP) is 0.587. The van der Waals surface area contributed by atoms with E-state index in [0.717, 1.165) is 5.56 Å². The van der Waals surface area contributed by atoms with Gasteiger partial charge in [0, 0.05) is 6.07 Å². The lowest BCUT2D eigenvalue weighted by Gasteiger charge is -2.10. The van der Waals surface area contributed by atoms with Crippen LogP contribution < -0.4 is 5.56 Å². The number of nitrogens with zero attached hydrogens (tertiary/aromatic N) is 2. The molecule has 1 rings (SSSR count). The molecule has 0 spiro atoms. The number of hydrogen-bond donors (Lipinski definition) is 1. The lowest BCUT2D eigenvalue weighted by Crippen LogP contribution is -2.26. The van der Waals surface area contributed by atoms with Crippen LogP contribution in [0.5, 0.6) is 0 Å². The Morgan fingerprint density at radius 3 is 2.86 bits per heavy atom. The maximum atomic E-state index is 11.4. The third kappa shape index (κ3) is 2.42. The van der Waals surface area contributed by atoms with Gasteiger partial charge in [-0.25, -0.2) is 4.68 Å². The van der Waals surface area contributed by atoms with Crippen molar-refractivity contribution >= 4 is 5.97 Å². The number of aryl methyl sites for hydroxylation is 1. The summed E-state index contributed by atoms with van der Waals surface area (Å²) in [7, 11) is 0. The summed E-state index contributed by atoms with van der Waals surface area (Å²) in [5, 5.41) is 12.4. The highest BCUT2D eigenvalue weighted by molar-refractivity contribution is 5.67. The summed E-state index contributed by atoms with van der Waals surface area (Å²) < 4.78 is 1.18. The van der Waals surface area contributed by atoms with Crippen molar-refractivity contribution in [3.63, 3.8) is 0 Å². The minimum absolute atomic E-state index is 0.101. The standard InChI is InChI=1S/C9H12N2O3/c1-6-3-8(12)11(10-5-6)7(2)4-9(13)14/h3,5,7H,4H2,1-2H3,(H,13,14). The van der Waals surface area contributed by atoms with E-state index in [4.69, 9.17) is 5.11 Å². The van der Waals surface area contributed by atoms with Crippen molar-refractivity contribution in [1.29, 1.82) is 0 Å². The van der Waals surface area contributed by atoms with Gasteiger partial charge in [0.05, 0.1) is 18.7 Å². The van der Waals surface area contributed by atoms with Gasteiger partial charge in [0.1, 0.15) is 0 Å². The van der Waals surface area contributed by atoms with Crippen LogP contribution in [0, 0.1) is 6.92 Å². The highest BCUT2D eigenvalue weighted by Gasteiger charge is 2.11. The first kappa shape index (κ1) is 10.4. The Labute approximate surface area is 81.0 Å². The van der Waals surface area contributed by atoms with Crippen LogP contribution in [0.1, 0.15) is 24.9 Å². The van der Waals surface area contributed by atoms with Gasteiger partial charge in [-0.05, 0) is 19.4 Å². The van der Waals surface area contributed by atoms with Crippen LogP contribution in [-0.2, 0) is 4.79 Å². The van der Waals surface area contributed by atoms with Crippen LogP contribution in [0.15, 0.2) is 17.1 Å². The Morgan fingerprint density at radius 2 is 2.36 bits per heavy atom. The molecule has 1 aromatic heterocycles. The van der Waals surface area contributed by atoms with Crippen LogP contribution in [0.2, 0.25) is 0 Å². The first-order valence-electron chi connectivity index (χ1n) is 4.28. The molecule has 76 valence electrons. The van der Waals surface area contributed by atoms with Crippen molar-refractivity contribution in [2.45, 2.75) is 26.3 Å². The molecule has 0 radical (unpaired) electrons. The summed E-state index contributed by atoms with van der Waals surface area (Å²) >= 11 is 0. The fourth-order valence-electron chi connectivity index (χ4n) is 1.18. The molecule has 0 aliphatic rings. The van der Waals surface area contributed by atoms with Crippen molar-refractivity contribution in [3.8, 4) is 0 Å². The van der Waals surface area contributed by atoms with E-state index in [9.17, 15) is 9.59 Å². The zero-order chi connectivity index (χ0) is 10.7. The summed E-state index contributed by atoms with van der Waals surface area (Å²) in [5.41, 5.74) is 0.507. The molecule has 1 atom stereocenters. The topological polar surface area (TPSA) is 72.2 Å². The minimum Gasteiger partial charge on any atom is -0.481 e. The van der Waals surface area contributed by atoms with Gasteiger partial charge in [-0.3, -0.25) is 9.59 Å². The second-order valence-electron chi connectivity index (χ2n) is 3.26. The van der Waals surface area contributed by atoms with Crippen LogP contribution in [0.25, 0.3) is 0 Å². The maximum absolute atomic E-state index is 11.4. The number of carbonyl (C=O) groups is 1. The summed E-state index contributed by atoms with van der Waals surface area (Å²) in [5.74, 6) is -0.938. The number of carboxylic acids is 1. The molecular formula is C9H12N2O3. The Kier molecular flexibility index (Phi) is 3.01. The smallest absolute Gasteiger partial charge is 0.305 e. The molecule has 0 saturated heterocycles. The average Bonchev–Trinajstić information content (AvgIpc) is 2.01. The van der Waals surface area contributed by atoms with Crippen LogP contribution >= 0.6 is 0 Å². The van der Waals surface area contributed by atoms with E-state index in [1.807, 2.05) is 0 Å². The number of aliphatic carboxylic acids is 1. The van der Waals surface area contributed by atoms with E-state index in [-0.39, 0.29) is 12.0 Å². The molecule has 0 saturated carbocycles. The molecule has 0 amide bonds. The van der Waals surface area contributed by atoms with Crippen LogP contribution in [0.4, 0.5) is 0 Å². The quantitative estimate of drug-likeness (QED) is 0.767. The molecule has 1 heterocycles. The van der Waals surface area contributed by atoms with E-state index in [1.54, 1.807) is 20.0 Å². The number of carboxylic acid groups (broad SMARTS) is 1. The molecule has 0 fully saturated rings. The molecule has 5 heteroatoms. The van der Waals surface area contributed by atoms with E-state index in [1.165, 1.54) is 10.7 Å². The number of aromatic nitrogens is 2. The average molecular weight is 196 g/mol. The van der Waals surface area contributed by atoms with Crippen molar-refractivity contribution in [1.82, 2.24) is 9.78 Å². The second kappa shape index (κ2) is 4.04. The van der Waals surface area contributed by atoms with Crippen LogP contribution in [0.3, 0.4) is 0 Å². The van der Waals surface area contributed by atoms with Gasteiger partial charge in [0.2, 0.25) is 0 Å². The van der Waals surface area contributed by atoms with E-state index < -0.39 is 12.0 Å². The van der Waals surface area contributed by atoms with E-state index >= 15 is 0 Å². The first-order valence-corrected chi connectivity index (χ1v) is 4.28. The van der Waals surface area contributed by atoms with Gasteiger partial charge in [0.15, 0.2) is 0 Å².